The van der Waals surface area contributed by atoms with Crippen LogP contribution in [0.1, 0.15) is 43.2 Å². The zero-order valence-electron chi connectivity index (χ0n) is 19.9. The van der Waals surface area contributed by atoms with Crippen LogP contribution in [0.5, 0.6) is 5.75 Å². The highest BCUT2D eigenvalue weighted by Gasteiger charge is 2.38. The van der Waals surface area contributed by atoms with Crippen LogP contribution < -0.4 is 4.74 Å². The number of hydrogen-bond donors (Lipinski definition) is 2. The average molecular weight is 451 g/mol. The number of hydroxylamine groups is 2. The van der Waals surface area contributed by atoms with Gasteiger partial charge in [0.1, 0.15) is 11.9 Å². The van der Waals surface area contributed by atoms with Crippen molar-refractivity contribution in [3.8, 4) is 5.75 Å². The Morgan fingerprint density at radius 2 is 2.03 bits per heavy atom. The molecule has 0 radical (unpaired) electrons. The third kappa shape index (κ3) is 5.43. The second kappa shape index (κ2) is 10.9. The van der Waals surface area contributed by atoms with E-state index in [2.05, 4.69) is 25.1 Å². The van der Waals surface area contributed by atoms with E-state index in [-0.39, 0.29) is 36.4 Å². The summed E-state index contributed by atoms with van der Waals surface area (Å²) in [6.07, 6.45) is 1.49. The topological polar surface area (TPSA) is 91.7 Å². The van der Waals surface area contributed by atoms with Gasteiger partial charge in [0.15, 0.2) is 0 Å². The molecule has 2 aliphatic rings. The lowest BCUT2D eigenvalue weighted by molar-refractivity contribution is -0.165. The molecule has 1 aromatic rings. The standard InChI is InChI=1S/C24H38N2O6/c1-15(28)21-13-26(32-22(21)14-27)12-16-7-6-8-20(23(16)30-4)17-9-18(24(29)31-5)11-19(10-17)25(2)3/h6-8,15,17-19,21-22,27-28H,9-14H2,1-5H3/t15-,17?,18?,19?,21+,22-/m0/s1. The number of esters is 1. The number of carbonyl (C=O) groups is 1. The van der Waals surface area contributed by atoms with Crippen molar-refractivity contribution in [3.63, 3.8) is 0 Å². The predicted octanol–water partition coefficient (Wildman–Crippen LogP) is 1.79. The van der Waals surface area contributed by atoms with Gasteiger partial charge in [-0.1, -0.05) is 18.2 Å². The lowest BCUT2D eigenvalue weighted by atomic mass is 9.74. The maximum atomic E-state index is 12.4. The Bertz CT molecular complexity index is 771. The van der Waals surface area contributed by atoms with Crippen LogP contribution in [0.3, 0.4) is 0 Å². The molecule has 1 aliphatic heterocycles. The van der Waals surface area contributed by atoms with Crippen LogP contribution in [0.15, 0.2) is 18.2 Å². The summed E-state index contributed by atoms with van der Waals surface area (Å²) in [7, 11) is 7.23. The third-order valence-electron chi connectivity index (χ3n) is 7.04. The molecule has 3 unspecified atom stereocenters. The molecular formula is C24H38N2O6. The molecule has 1 aliphatic carbocycles. The number of benzene rings is 1. The highest BCUT2D eigenvalue weighted by Crippen LogP contribution is 2.43. The van der Waals surface area contributed by atoms with E-state index in [9.17, 15) is 15.0 Å². The van der Waals surface area contributed by atoms with Gasteiger partial charge in [0.25, 0.3) is 0 Å². The van der Waals surface area contributed by atoms with E-state index in [1.807, 2.05) is 12.1 Å². The largest absolute Gasteiger partial charge is 0.496 e. The van der Waals surface area contributed by atoms with Gasteiger partial charge in [0.2, 0.25) is 0 Å². The lowest BCUT2D eigenvalue weighted by Gasteiger charge is -2.38. The SMILES string of the molecule is COC(=O)C1CC(c2cccc(CN3C[C@H]([C@H](C)O)[C@H](CO)O3)c2OC)CC(N(C)C)C1. The number of aliphatic hydroxyl groups is 2. The van der Waals surface area contributed by atoms with Crippen molar-refractivity contribution >= 4 is 5.97 Å². The minimum absolute atomic E-state index is 0.133. The highest BCUT2D eigenvalue weighted by molar-refractivity contribution is 5.72. The molecule has 1 saturated carbocycles. The summed E-state index contributed by atoms with van der Waals surface area (Å²) in [4.78, 5) is 20.4. The van der Waals surface area contributed by atoms with Crippen molar-refractivity contribution in [1.82, 2.24) is 9.96 Å². The van der Waals surface area contributed by atoms with Gasteiger partial charge in [-0.05, 0) is 51.8 Å². The first-order chi connectivity index (χ1) is 15.3. The molecular weight excluding hydrogens is 412 g/mol. The number of methoxy groups -OCH3 is 2. The molecule has 8 heteroatoms. The summed E-state index contributed by atoms with van der Waals surface area (Å²) in [5, 5.41) is 21.4. The van der Waals surface area contributed by atoms with Gasteiger partial charge < -0.3 is 24.6 Å². The van der Waals surface area contributed by atoms with Crippen LogP contribution in [-0.4, -0.2) is 85.9 Å². The Labute approximate surface area is 191 Å². The van der Waals surface area contributed by atoms with Crippen LogP contribution in [0, 0.1) is 11.8 Å². The third-order valence-corrected chi connectivity index (χ3v) is 7.04. The molecule has 0 bridgehead atoms. The molecule has 180 valence electrons. The molecule has 0 spiro atoms. The molecule has 2 fully saturated rings. The smallest absolute Gasteiger partial charge is 0.308 e. The molecule has 0 aromatic heterocycles. The van der Waals surface area contributed by atoms with E-state index in [1.54, 1.807) is 19.1 Å². The van der Waals surface area contributed by atoms with E-state index in [0.717, 1.165) is 36.1 Å². The number of hydrogen-bond acceptors (Lipinski definition) is 8. The Hall–Kier alpha value is -1.71. The van der Waals surface area contributed by atoms with Gasteiger partial charge in [-0.25, -0.2) is 0 Å². The van der Waals surface area contributed by atoms with Gasteiger partial charge in [0.05, 0.1) is 39.4 Å². The number of nitrogens with zero attached hydrogens (tertiary/aromatic N) is 2. The summed E-state index contributed by atoms with van der Waals surface area (Å²) >= 11 is 0. The van der Waals surface area contributed by atoms with Crippen LogP contribution in [0.2, 0.25) is 0 Å². The molecule has 3 rings (SSSR count). The molecule has 8 nitrogen and oxygen atoms in total. The first-order valence-corrected chi connectivity index (χ1v) is 11.4. The molecule has 2 N–H and O–H groups in total. The summed E-state index contributed by atoms with van der Waals surface area (Å²) in [6, 6.07) is 6.40. The highest BCUT2D eigenvalue weighted by atomic mass is 16.7. The fourth-order valence-corrected chi connectivity index (χ4v) is 5.21. The average Bonchev–Trinajstić information content (AvgIpc) is 3.21. The second-order valence-electron chi connectivity index (χ2n) is 9.33. The van der Waals surface area contributed by atoms with Crippen molar-refractivity contribution in [2.75, 3.05) is 41.5 Å². The van der Waals surface area contributed by atoms with E-state index in [4.69, 9.17) is 14.3 Å². The van der Waals surface area contributed by atoms with E-state index < -0.39 is 12.2 Å². The number of para-hydroxylation sites is 1. The Morgan fingerprint density at radius 3 is 2.59 bits per heavy atom. The molecule has 0 amide bonds. The van der Waals surface area contributed by atoms with Gasteiger partial charge in [0, 0.05) is 24.1 Å². The Balaban J connectivity index is 1.84. The molecule has 32 heavy (non-hydrogen) atoms. The van der Waals surface area contributed by atoms with Crippen molar-refractivity contribution in [2.24, 2.45) is 11.8 Å². The van der Waals surface area contributed by atoms with E-state index in [0.29, 0.717) is 13.1 Å². The Kier molecular flexibility index (Phi) is 8.52. The summed E-state index contributed by atoms with van der Waals surface area (Å²) < 4.78 is 10.9. The predicted molar refractivity (Wildman–Crippen MR) is 120 cm³/mol. The quantitative estimate of drug-likeness (QED) is 0.580. The van der Waals surface area contributed by atoms with Crippen LogP contribution in [0.4, 0.5) is 0 Å². The van der Waals surface area contributed by atoms with E-state index >= 15 is 0 Å². The van der Waals surface area contributed by atoms with Gasteiger partial charge in [-0.2, -0.15) is 5.06 Å². The number of ether oxygens (including phenoxy) is 2. The second-order valence-corrected chi connectivity index (χ2v) is 9.33. The molecule has 1 heterocycles. The molecule has 6 atom stereocenters. The zero-order valence-corrected chi connectivity index (χ0v) is 19.9. The molecule has 1 saturated heterocycles. The van der Waals surface area contributed by atoms with Crippen molar-refractivity contribution in [3.05, 3.63) is 29.3 Å². The van der Waals surface area contributed by atoms with Crippen LogP contribution in [0.25, 0.3) is 0 Å². The normalized spacial score (nSPS) is 29.8. The summed E-state index contributed by atoms with van der Waals surface area (Å²) in [6.45, 7) is 2.61. The maximum Gasteiger partial charge on any atom is 0.308 e. The monoisotopic (exact) mass is 450 g/mol. The van der Waals surface area contributed by atoms with Gasteiger partial charge in [-0.15, -0.1) is 0 Å². The van der Waals surface area contributed by atoms with Gasteiger partial charge in [-0.3, -0.25) is 9.63 Å². The lowest BCUT2D eigenvalue weighted by Crippen LogP contribution is -2.38. The number of carbonyl (C=O) groups excluding carboxylic acids is 1. The first kappa shape index (κ1) is 24.9. The summed E-state index contributed by atoms with van der Waals surface area (Å²) in [5.41, 5.74) is 2.07. The van der Waals surface area contributed by atoms with E-state index in [1.165, 1.54) is 7.11 Å². The van der Waals surface area contributed by atoms with Crippen molar-refractivity contribution < 1.29 is 29.3 Å². The summed E-state index contributed by atoms with van der Waals surface area (Å²) in [5.74, 6) is 0.546. The zero-order chi connectivity index (χ0) is 23.4. The Morgan fingerprint density at radius 1 is 1.28 bits per heavy atom. The fourth-order valence-electron chi connectivity index (χ4n) is 5.21. The number of aliphatic hydroxyl groups excluding tert-OH is 2. The van der Waals surface area contributed by atoms with Crippen molar-refractivity contribution in [2.45, 2.75) is 56.9 Å². The van der Waals surface area contributed by atoms with Crippen molar-refractivity contribution in [1.29, 1.82) is 0 Å². The minimum atomic E-state index is -0.564. The minimum Gasteiger partial charge on any atom is -0.496 e. The van der Waals surface area contributed by atoms with Crippen LogP contribution >= 0.6 is 0 Å². The van der Waals surface area contributed by atoms with Crippen LogP contribution in [-0.2, 0) is 20.9 Å². The maximum absolute atomic E-state index is 12.4. The fraction of sp³-hybridized carbons (Fsp3) is 0.708. The first-order valence-electron chi connectivity index (χ1n) is 11.4. The molecule has 1 aromatic carbocycles. The van der Waals surface area contributed by atoms with Gasteiger partial charge >= 0.3 is 5.97 Å². The number of rotatable bonds is 8.